The Morgan fingerprint density at radius 3 is 2.61 bits per heavy atom. The molecule has 31 heavy (non-hydrogen) atoms. The van der Waals surface area contributed by atoms with Crippen LogP contribution in [0.2, 0.25) is 0 Å². The van der Waals surface area contributed by atoms with Gasteiger partial charge in [0.1, 0.15) is 5.69 Å². The van der Waals surface area contributed by atoms with Crippen molar-refractivity contribution in [1.82, 2.24) is 9.88 Å². The lowest BCUT2D eigenvalue weighted by Gasteiger charge is -2.23. The molecule has 1 fully saturated rings. The van der Waals surface area contributed by atoms with E-state index in [-0.39, 0.29) is 34.2 Å². The summed E-state index contributed by atoms with van der Waals surface area (Å²) in [7, 11) is 0. The Balaban J connectivity index is 1.58. The van der Waals surface area contributed by atoms with Crippen LogP contribution in [0.25, 0.3) is 10.9 Å². The Kier molecular flexibility index (Phi) is 4.46. The van der Waals surface area contributed by atoms with E-state index in [1.165, 1.54) is 13.0 Å². The molecular weight excluding hydrogens is 402 g/mol. The molecule has 1 amide bonds. The van der Waals surface area contributed by atoms with Gasteiger partial charge < -0.3 is 20.5 Å². The van der Waals surface area contributed by atoms with Gasteiger partial charge in [-0.15, -0.1) is 0 Å². The first-order valence-electron chi connectivity index (χ1n) is 10.3. The smallest absolute Gasteiger partial charge is 0.217 e. The number of nitrogens with one attached hydrogen (secondary N) is 1. The van der Waals surface area contributed by atoms with Gasteiger partial charge in [-0.3, -0.25) is 9.59 Å². The zero-order valence-electron chi connectivity index (χ0n) is 17.0. The molecule has 0 bridgehead atoms. The van der Waals surface area contributed by atoms with E-state index in [9.17, 15) is 9.59 Å². The molecule has 0 atom stereocenters. The number of carbonyl (C=O) groups is 1. The van der Waals surface area contributed by atoms with E-state index in [0.29, 0.717) is 19.6 Å². The molecule has 1 aromatic heterocycles. The molecule has 8 heteroatoms. The summed E-state index contributed by atoms with van der Waals surface area (Å²) in [6.07, 6.45) is 3.34. The van der Waals surface area contributed by atoms with Crippen molar-refractivity contribution < 1.29 is 13.6 Å². The molecule has 5 rings (SSSR count). The number of hydrogen-bond acceptors (Lipinski definition) is 4. The topological polar surface area (TPSA) is 80.4 Å². The van der Waals surface area contributed by atoms with Crippen LogP contribution in [-0.2, 0) is 24.4 Å². The number of fused-ring (bicyclic) bond motifs is 2. The number of amides is 1. The van der Waals surface area contributed by atoms with Crippen molar-refractivity contribution in [2.75, 3.05) is 10.6 Å². The maximum Gasteiger partial charge on any atom is 0.217 e. The summed E-state index contributed by atoms with van der Waals surface area (Å²) in [5, 5.41) is 2.65. The second kappa shape index (κ2) is 7.08. The molecular formula is C23H22F2N4O2. The fourth-order valence-electron chi connectivity index (χ4n) is 4.36. The van der Waals surface area contributed by atoms with Crippen LogP contribution in [0, 0.1) is 11.6 Å². The lowest BCUT2D eigenvalue weighted by Crippen LogP contribution is -2.21. The maximum absolute atomic E-state index is 15.8. The minimum absolute atomic E-state index is 0.0752. The van der Waals surface area contributed by atoms with E-state index in [2.05, 4.69) is 5.32 Å². The lowest BCUT2D eigenvalue weighted by molar-refractivity contribution is -0.119. The number of halogens is 2. The molecule has 160 valence electrons. The Morgan fingerprint density at radius 1 is 1.16 bits per heavy atom. The van der Waals surface area contributed by atoms with Gasteiger partial charge in [0.15, 0.2) is 17.1 Å². The molecule has 0 unspecified atom stereocenters. The minimum Gasteiger partial charge on any atom is -0.396 e. The average molecular weight is 424 g/mol. The van der Waals surface area contributed by atoms with Gasteiger partial charge in [-0.1, -0.05) is 18.2 Å². The van der Waals surface area contributed by atoms with Crippen LogP contribution in [0.1, 0.15) is 42.5 Å². The molecule has 0 radical (unpaired) electrons. The summed E-state index contributed by atoms with van der Waals surface area (Å²) >= 11 is 0. The second-order valence-corrected chi connectivity index (χ2v) is 8.30. The predicted molar refractivity (Wildman–Crippen MR) is 115 cm³/mol. The maximum atomic E-state index is 15.8. The predicted octanol–water partition coefficient (Wildman–Crippen LogP) is 3.35. The van der Waals surface area contributed by atoms with Gasteiger partial charge in [-0.25, -0.2) is 8.78 Å². The fourth-order valence-corrected chi connectivity index (χ4v) is 4.36. The number of nitrogens with zero attached hydrogens (tertiary/aromatic N) is 2. The van der Waals surface area contributed by atoms with Crippen LogP contribution in [-0.4, -0.2) is 10.5 Å². The second-order valence-electron chi connectivity index (χ2n) is 8.30. The van der Waals surface area contributed by atoms with Crippen LogP contribution in [0.15, 0.2) is 35.3 Å². The molecule has 6 nitrogen and oxygen atoms in total. The number of aromatic nitrogens is 1. The molecule has 2 aromatic carbocycles. The van der Waals surface area contributed by atoms with Gasteiger partial charge in [0, 0.05) is 44.9 Å². The third-order valence-corrected chi connectivity index (χ3v) is 6.05. The first-order valence-corrected chi connectivity index (χ1v) is 10.3. The number of hydrogen-bond donors (Lipinski definition) is 2. The number of anilines is 2. The Bertz CT molecular complexity index is 1300. The number of carbonyl (C=O) groups excluding carboxylic acids is 1. The first kappa shape index (κ1) is 19.5. The third kappa shape index (κ3) is 3.22. The van der Waals surface area contributed by atoms with Crippen molar-refractivity contribution in [3.63, 3.8) is 0 Å². The highest BCUT2D eigenvalue weighted by Gasteiger charge is 2.32. The van der Waals surface area contributed by atoms with E-state index in [0.717, 1.165) is 29.5 Å². The van der Waals surface area contributed by atoms with Crippen molar-refractivity contribution >= 4 is 28.2 Å². The van der Waals surface area contributed by atoms with E-state index < -0.39 is 17.1 Å². The molecule has 0 spiro atoms. The average Bonchev–Trinajstić information content (AvgIpc) is 3.49. The van der Waals surface area contributed by atoms with Crippen molar-refractivity contribution in [3.05, 3.63) is 69.0 Å². The summed E-state index contributed by atoms with van der Waals surface area (Å²) in [4.78, 5) is 25.2. The van der Waals surface area contributed by atoms with Gasteiger partial charge in [0.2, 0.25) is 5.91 Å². The number of benzene rings is 2. The molecule has 1 aliphatic carbocycles. The largest absolute Gasteiger partial charge is 0.396 e. The van der Waals surface area contributed by atoms with Gasteiger partial charge in [0.25, 0.3) is 0 Å². The highest BCUT2D eigenvalue weighted by molar-refractivity contribution is 5.95. The van der Waals surface area contributed by atoms with Gasteiger partial charge in [-0.2, -0.15) is 0 Å². The van der Waals surface area contributed by atoms with Crippen LogP contribution in [0.5, 0.6) is 0 Å². The summed E-state index contributed by atoms with van der Waals surface area (Å²) in [6, 6.07) is 7.16. The van der Waals surface area contributed by atoms with E-state index >= 15 is 8.78 Å². The SMILES string of the molecule is CC(=O)NCc1ccc2c(c1)CN(c1c(F)c(N)c3c(=O)ccn(C4CC4)c3c1F)C2. The molecule has 1 aliphatic heterocycles. The highest BCUT2D eigenvalue weighted by atomic mass is 19.1. The molecule has 1 saturated carbocycles. The summed E-state index contributed by atoms with van der Waals surface area (Å²) in [5.74, 6) is -1.78. The summed E-state index contributed by atoms with van der Waals surface area (Å²) in [5.41, 5.74) is 7.90. The van der Waals surface area contributed by atoms with Crippen molar-refractivity contribution in [3.8, 4) is 0 Å². The lowest BCUT2D eigenvalue weighted by atomic mass is 10.1. The van der Waals surface area contributed by atoms with Crippen molar-refractivity contribution in [2.45, 2.75) is 45.4 Å². The van der Waals surface area contributed by atoms with Crippen LogP contribution >= 0.6 is 0 Å². The number of pyridine rings is 1. The standard InChI is InChI=1S/C23H22F2N4O2/c1-12(30)27-9-13-2-3-14-10-28(11-15(14)8-13)23-19(24)21(26)18-17(31)6-7-29(16-4-5-16)22(18)20(23)25/h2-3,6-8,16H,4-5,9-11,26H2,1H3,(H,27,30). The Hall–Kier alpha value is -3.42. The van der Waals surface area contributed by atoms with E-state index in [1.807, 2.05) is 18.2 Å². The van der Waals surface area contributed by atoms with Crippen molar-refractivity contribution in [2.24, 2.45) is 0 Å². The van der Waals surface area contributed by atoms with Gasteiger partial charge in [-0.05, 0) is 29.5 Å². The minimum atomic E-state index is -0.901. The van der Waals surface area contributed by atoms with Crippen LogP contribution in [0.4, 0.5) is 20.2 Å². The Labute approximate surface area is 177 Å². The first-order chi connectivity index (χ1) is 14.8. The fraction of sp³-hybridized carbons (Fsp3) is 0.304. The molecule has 0 saturated heterocycles. The van der Waals surface area contributed by atoms with Gasteiger partial charge >= 0.3 is 0 Å². The Morgan fingerprint density at radius 2 is 1.90 bits per heavy atom. The van der Waals surface area contributed by atoms with E-state index in [1.54, 1.807) is 15.7 Å². The van der Waals surface area contributed by atoms with Crippen LogP contribution < -0.4 is 21.4 Å². The molecule has 2 heterocycles. The van der Waals surface area contributed by atoms with Gasteiger partial charge in [0.05, 0.1) is 16.6 Å². The number of rotatable bonds is 4. The molecule has 2 aliphatic rings. The molecule has 3 aromatic rings. The zero-order chi connectivity index (χ0) is 21.9. The van der Waals surface area contributed by atoms with Crippen molar-refractivity contribution in [1.29, 1.82) is 0 Å². The van der Waals surface area contributed by atoms with Crippen LogP contribution in [0.3, 0.4) is 0 Å². The zero-order valence-corrected chi connectivity index (χ0v) is 17.0. The summed E-state index contributed by atoms with van der Waals surface area (Å²) < 4.78 is 32.7. The van der Waals surface area contributed by atoms with E-state index in [4.69, 9.17) is 5.73 Å². The molecule has 3 N–H and O–H groups in total. The monoisotopic (exact) mass is 424 g/mol. The highest BCUT2D eigenvalue weighted by Crippen LogP contribution is 2.42. The number of nitrogens with two attached hydrogens (primary N) is 1. The normalized spacial score (nSPS) is 15.4. The quantitative estimate of drug-likeness (QED) is 0.630. The third-order valence-electron chi connectivity index (χ3n) is 6.05. The number of nitrogen functional groups attached to an aromatic ring is 1. The summed E-state index contributed by atoms with van der Waals surface area (Å²) in [6.45, 7) is 2.48.